The van der Waals surface area contributed by atoms with Crippen molar-refractivity contribution in [3.05, 3.63) is 0 Å². The van der Waals surface area contributed by atoms with Crippen LogP contribution in [-0.2, 0) is 0 Å². The predicted molar refractivity (Wildman–Crippen MR) is 96.8 cm³/mol. The van der Waals surface area contributed by atoms with E-state index in [1.165, 1.54) is 83.5 Å². The van der Waals surface area contributed by atoms with Crippen LogP contribution in [0.1, 0.15) is 96.8 Å². The molecule has 2 heteroatoms. The van der Waals surface area contributed by atoms with Gasteiger partial charge in [0.25, 0.3) is 0 Å². The van der Waals surface area contributed by atoms with Gasteiger partial charge in [-0.05, 0) is 33.5 Å². The number of nitrogens with two attached hydrogens (primary N) is 1. The van der Waals surface area contributed by atoms with Crippen molar-refractivity contribution in [1.82, 2.24) is 4.90 Å². The number of nitrogens with zero attached hydrogens (tertiary/aromatic N) is 1. The van der Waals surface area contributed by atoms with Gasteiger partial charge in [0.2, 0.25) is 0 Å². The number of unbranched alkanes of at least 4 members (excludes halogenated alkanes) is 11. The lowest BCUT2D eigenvalue weighted by Gasteiger charge is -2.23. The molecule has 0 radical (unpaired) electrons. The summed E-state index contributed by atoms with van der Waals surface area (Å²) in [4.78, 5) is 2.34. The highest BCUT2D eigenvalue weighted by molar-refractivity contribution is 4.66. The summed E-state index contributed by atoms with van der Waals surface area (Å²) >= 11 is 0. The first-order valence-corrected chi connectivity index (χ1v) is 9.58. The maximum Gasteiger partial charge on any atom is 0.0101 e. The van der Waals surface area contributed by atoms with Gasteiger partial charge in [0, 0.05) is 6.04 Å². The molecule has 0 fully saturated rings. The Kier molecular flexibility index (Phi) is 16.2. The quantitative estimate of drug-likeness (QED) is 0.389. The average Bonchev–Trinajstić information content (AvgIpc) is 2.47. The summed E-state index contributed by atoms with van der Waals surface area (Å²) in [6.07, 6.45) is 19.7. The molecule has 0 spiro atoms. The summed E-state index contributed by atoms with van der Waals surface area (Å²) in [7, 11) is 4.36. The van der Waals surface area contributed by atoms with Gasteiger partial charge < -0.3 is 10.6 Å². The highest BCUT2D eigenvalue weighted by Crippen LogP contribution is 2.14. The molecule has 0 aromatic rings. The van der Waals surface area contributed by atoms with Crippen LogP contribution in [0.4, 0.5) is 0 Å². The molecule has 0 heterocycles. The van der Waals surface area contributed by atoms with Crippen molar-refractivity contribution < 1.29 is 0 Å². The Bertz CT molecular complexity index is 192. The fraction of sp³-hybridized carbons (Fsp3) is 1.00. The Morgan fingerprint density at radius 2 is 1.10 bits per heavy atom. The predicted octanol–water partition coefficient (Wildman–Crippen LogP) is 5.36. The zero-order chi connectivity index (χ0) is 15.8. The van der Waals surface area contributed by atoms with Crippen LogP contribution >= 0.6 is 0 Å². The van der Waals surface area contributed by atoms with Crippen LogP contribution in [-0.4, -0.2) is 31.6 Å². The van der Waals surface area contributed by atoms with Crippen LogP contribution in [0, 0.1) is 0 Å². The minimum Gasteiger partial charge on any atom is -0.330 e. The molecular weight excluding hydrogens is 256 g/mol. The first-order valence-electron chi connectivity index (χ1n) is 9.58. The summed E-state index contributed by atoms with van der Waals surface area (Å²) in [5, 5.41) is 0. The van der Waals surface area contributed by atoms with Crippen molar-refractivity contribution in [3.63, 3.8) is 0 Å². The van der Waals surface area contributed by atoms with Crippen molar-refractivity contribution in [1.29, 1.82) is 0 Å². The molecule has 0 bridgehead atoms. The minimum atomic E-state index is 0.693. The van der Waals surface area contributed by atoms with Crippen LogP contribution in [0.15, 0.2) is 0 Å². The highest BCUT2D eigenvalue weighted by atomic mass is 15.1. The first kappa shape index (κ1) is 20.9. The van der Waals surface area contributed by atoms with Crippen LogP contribution in [0.25, 0.3) is 0 Å². The number of rotatable bonds is 16. The Hall–Kier alpha value is -0.0800. The fourth-order valence-corrected chi connectivity index (χ4v) is 3.07. The summed E-state index contributed by atoms with van der Waals surface area (Å²) in [5.41, 5.74) is 5.68. The molecule has 21 heavy (non-hydrogen) atoms. The lowest BCUT2D eigenvalue weighted by Crippen LogP contribution is -2.30. The normalized spacial score (nSPS) is 13.0. The Labute approximate surface area is 134 Å². The lowest BCUT2D eigenvalue weighted by atomic mass is 10.0. The van der Waals surface area contributed by atoms with Crippen molar-refractivity contribution in [2.75, 3.05) is 20.6 Å². The monoisotopic (exact) mass is 298 g/mol. The van der Waals surface area contributed by atoms with Crippen LogP contribution in [0.2, 0.25) is 0 Å². The number of hydrogen-bond donors (Lipinski definition) is 1. The molecule has 0 aromatic heterocycles. The maximum atomic E-state index is 5.68. The zero-order valence-corrected chi connectivity index (χ0v) is 15.2. The second-order valence-corrected chi connectivity index (χ2v) is 6.87. The molecule has 128 valence electrons. The van der Waals surface area contributed by atoms with E-state index in [0.717, 1.165) is 13.0 Å². The second kappa shape index (κ2) is 16.3. The molecule has 1 unspecified atom stereocenters. The third-order valence-electron chi connectivity index (χ3n) is 4.62. The van der Waals surface area contributed by atoms with E-state index in [1.807, 2.05) is 0 Å². The SMILES string of the molecule is CCCCCCCCCCCCCCC(CCN)N(C)C. The van der Waals surface area contributed by atoms with Crippen LogP contribution in [0.5, 0.6) is 0 Å². The lowest BCUT2D eigenvalue weighted by molar-refractivity contribution is 0.260. The summed E-state index contributed by atoms with van der Waals surface area (Å²) in [6, 6.07) is 0.693. The van der Waals surface area contributed by atoms with Gasteiger partial charge in [0.15, 0.2) is 0 Å². The average molecular weight is 299 g/mol. The second-order valence-electron chi connectivity index (χ2n) is 6.87. The van der Waals surface area contributed by atoms with Crippen molar-refractivity contribution >= 4 is 0 Å². The van der Waals surface area contributed by atoms with Crippen LogP contribution in [0.3, 0.4) is 0 Å². The molecule has 0 saturated heterocycles. The van der Waals surface area contributed by atoms with Gasteiger partial charge in [-0.25, -0.2) is 0 Å². The molecule has 1 atom stereocenters. The Morgan fingerprint density at radius 3 is 1.48 bits per heavy atom. The smallest absolute Gasteiger partial charge is 0.0101 e. The van der Waals surface area contributed by atoms with E-state index in [4.69, 9.17) is 5.73 Å². The van der Waals surface area contributed by atoms with Gasteiger partial charge in [0.1, 0.15) is 0 Å². The molecule has 0 aliphatic heterocycles. The van der Waals surface area contributed by atoms with E-state index in [2.05, 4.69) is 25.9 Å². The van der Waals surface area contributed by atoms with Gasteiger partial charge in [0.05, 0.1) is 0 Å². The Balaban J connectivity index is 3.21. The van der Waals surface area contributed by atoms with Gasteiger partial charge in [-0.15, -0.1) is 0 Å². The third kappa shape index (κ3) is 14.6. The van der Waals surface area contributed by atoms with Crippen molar-refractivity contribution in [2.45, 2.75) is 103 Å². The number of hydrogen-bond acceptors (Lipinski definition) is 2. The van der Waals surface area contributed by atoms with Gasteiger partial charge in [-0.2, -0.15) is 0 Å². The van der Waals surface area contributed by atoms with Crippen molar-refractivity contribution in [3.8, 4) is 0 Å². The molecule has 0 aliphatic carbocycles. The largest absolute Gasteiger partial charge is 0.330 e. The molecule has 2 N–H and O–H groups in total. The summed E-state index contributed by atoms with van der Waals surface area (Å²) in [5.74, 6) is 0. The van der Waals surface area contributed by atoms with Gasteiger partial charge in [-0.3, -0.25) is 0 Å². The first-order chi connectivity index (χ1) is 10.2. The minimum absolute atomic E-state index is 0.693. The Morgan fingerprint density at radius 1 is 0.667 bits per heavy atom. The van der Waals surface area contributed by atoms with E-state index >= 15 is 0 Å². The van der Waals surface area contributed by atoms with Crippen LogP contribution < -0.4 is 5.73 Å². The van der Waals surface area contributed by atoms with E-state index in [9.17, 15) is 0 Å². The maximum absolute atomic E-state index is 5.68. The fourth-order valence-electron chi connectivity index (χ4n) is 3.07. The molecular formula is C19H42N2. The third-order valence-corrected chi connectivity index (χ3v) is 4.62. The molecule has 2 nitrogen and oxygen atoms in total. The molecule has 0 saturated carbocycles. The van der Waals surface area contributed by atoms with E-state index in [-0.39, 0.29) is 0 Å². The van der Waals surface area contributed by atoms with E-state index < -0.39 is 0 Å². The van der Waals surface area contributed by atoms with E-state index in [0.29, 0.717) is 6.04 Å². The summed E-state index contributed by atoms with van der Waals surface area (Å²) < 4.78 is 0. The van der Waals surface area contributed by atoms with Crippen molar-refractivity contribution in [2.24, 2.45) is 5.73 Å². The molecule has 0 aromatic carbocycles. The molecule has 0 aliphatic rings. The van der Waals surface area contributed by atoms with Gasteiger partial charge >= 0.3 is 0 Å². The topological polar surface area (TPSA) is 29.3 Å². The highest BCUT2D eigenvalue weighted by Gasteiger charge is 2.09. The standard InChI is InChI=1S/C19H42N2/c1-4-5-6-7-8-9-10-11-12-13-14-15-16-19(17-18-20)21(2)3/h19H,4-18,20H2,1-3H3. The zero-order valence-electron chi connectivity index (χ0n) is 15.2. The molecule has 0 amide bonds. The molecule has 0 rings (SSSR count). The van der Waals surface area contributed by atoms with Gasteiger partial charge in [-0.1, -0.05) is 84.0 Å². The summed E-state index contributed by atoms with van der Waals surface area (Å²) in [6.45, 7) is 3.11. The van der Waals surface area contributed by atoms with E-state index in [1.54, 1.807) is 0 Å².